The molecule has 1 atom stereocenters. The summed E-state index contributed by atoms with van der Waals surface area (Å²) in [6.45, 7) is 1.82. The number of aliphatic hydroxyl groups excluding tert-OH is 1. The number of nitrogen functional groups attached to an aromatic ring is 1. The molecule has 0 aliphatic carbocycles. The van der Waals surface area contributed by atoms with Crippen molar-refractivity contribution in [2.24, 2.45) is 5.92 Å². The predicted molar refractivity (Wildman–Crippen MR) is 58.9 cm³/mol. The highest BCUT2D eigenvalue weighted by atomic mass is 35.5. The fourth-order valence-electron chi connectivity index (χ4n) is 1.77. The van der Waals surface area contributed by atoms with Crippen molar-refractivity contribution in [3.63, 3.8) is 0 Å². The van der Waals surface area contributed by atoms with Crippen LogP contribution in [0.2, 0.25) is 5.02 Å². The molecule has 1 aliphatic heterocycles. The lowest BCUT2D eigenvalue weighted by molar-refractivity contribution is 0.238. The molecule has 6 heteroatoms. The fraction of sp³-hybridized carbons (Fsp3) is 0.556. The van der Waals surface area contributed by atoms with Gasteiger partial charge in [-0.1, -0.05) is 11.6 Å². The van der Waals surface area contributed by atoms with Crippen molar-refractivity contribution >= 4 is 23.2 Å². The molecule has 0 radical (unpaired) electrons. The van der Waals surface area contributed by atoms with Gasteiger partial charge >= 0.3 is 0 Å². The Morgan fingerprint density at radius 3 is 3.07 bits per heavy atom. The molecule has 1 aromatic rings. The topological polar surface area (TPSA) is 75.3 Å². The molecular formula is C9H13ClN4O. The third-order valence-electron chi connectivity index (χ3n) is 2.64. The van der Waals surface area contributed by atoms with Gasteiger partial charge in [-0.15, -0.1) is 0 Å². The van der Waals surface area contributed by atoms with Gasteiger partial charge in [0.2, 0.25) is 0 Å². The van der Waals surface area contributed by atoms with Crippen LogP contribution in [-0.2, 0) is 0 Å². The van der Waals surface area contributed by atoms with Crippen molar-refractivity contribution in [1.29, 1.82) is 0 Å². The molecule has 2 rings (SSSR count). The quantitative estimate of drug-likeness (QED) is 0.773. The molecule has 15 heavy (non-hydrogen) atoms. The molecule has 1 saturated heterocycles. The molecule has 1 aromatic heterocycles. The minimum absolute atomic E-state index is 0.203. The van der Waals surface area contributed by atoms with E-state index in [0.717, 1.165) is 19.5 Å². The summed E-state index contributed by atoms with van der Waals surface area (Å²) in [7, 11) is 0. The maximum atomic E-state index is 9.04. The van der Waals surface area contributed by atoms with Crippen LogP contribution in [-0.4, -0.2) is 34.8 Å². The van der Waals surface area contributed by atoms with Gasteiger partial charge < -0.3 is 15.7 Å². The predicted octanol–water partition coefficient (Wildman–Crippen LogP) is 0.531. The SMILES string of the molecule is Nc1ncnc(N2CCC(CO)C2)c1Cl. The summed E-state index contributed by atoms with van der Waals surface area (Å²) in [5, 5.41) is 9.44. The smallest absolute Gasteiger partial charge is 0.153 e. The normalized spacial score (nSPS) is 20.9. The van der Waals surface area contributed by atoms with Crippen LogP contribution in [0.1, 0.15) is 6.42 Å². The Hall–Kier alpha value is -1.07. The molecule has 3 N–H and O–H groups in total. The van der Waals surface area contributed by atoms with Gasteiger partial charge in [-0.3, -0.25) is 0 Å². The Morgan fingerprint density at radius 2 is 2.40 bits per heavy atom. The molecule has 82 valence electrons. The molecule has 0 spiro atoms. The second-order valence-electron chi connectivity index (χ2n) is 3.68. The Kier molecular flexibility index (Phi) is 2.93. The van der Waals surface area contributed by atoms with Gasteiger partial charge in [0.15, 0.2) is 5.82 Å². The number of aliphatic hydroxyl groups is 1. The number of nitrogens with zero attached hydrogens (tertiary/aromatic N) is 3. The number of hydrogen-bond acceptors (Lipinski definition) is 5. The van der Waals surface area contributed by atoms with E-state index in [2.05, 4.69) is 9.97 Å². The molecule has 1 fully saturated rings. The molecule has 5 nitrogen and oxygen atoms in total. The molecular weight excluding hydrogens is 216 g/mol. The largest absolute Gasteiger partial charge is 0.396 e. The van der Waals surface area contributed by atoms with Gasteiger partial charge in [0, 0.05) is 25.6 Å². The Bertz CT molecular complexity index is 360. The monoisotopic (exact) mass is 228 g/mol. The van der Waals surface area contributed by atoms with Crippen LogP contribution in [0.15, 0.2) is 6.33 Å². The molecule has 0 bridgehead atoms. The maximum Gasteiger partial charge on any atom is 0.153 e. The average Bonchev–Trinajstić information content (AvgIpc) is 2.70. The number of rotatable bonds is 2. The summed E-state index contributed by atoms with van der Waals surface area (Å²) in [6.07, 6.45) is 2.36. The Labute approximate surface area is 92.9 Å². The van der Waals surface area contributed by atoms with Crippen molar-refractivity contribution in [1.82, 2.24) is 9.97 Å². The second-order valence-corrected chi connectivity index (χ2v) is 4.06. The lowest BCUT2D eigenvalue weighted by Gasteiger charge is -2.18. The highest BCUT2D eigenvalue weighted by molar-refractivity contribution is 6.35. The molecule has 0 saturated carbocycles. The van der Waals surface area contributed by atoms with E-state index in [9.17, 15) is 0 Å². The maximum absolute atomic E-state index is 9.04. The molecule has 1 unspecified atom stereocenters. The minimum Gasteiger partial charge on any atom is -0.396 e. The lowest BCUT2D eigenvalue weighted by Crippen LogP contribution is -2.22. The van der Waals surface area contributed by atoms with E-state index in [1.165, 1.54) is 6.33 Å². The fourth-order valence-corrected chi connectivity index (χ4v) is 1.99. The number of aromatic nitrogens is 2. The average molecular weight is 229 g/mol. The summed E-state index contributed by atoms with van der Waals surface area (Å²) in [5.41, 5.74) is 5.60. The molecule has 0 aromatic carbocycles. The van der Waals surface area contributed by atoms with Crippen LogP contribution < -0.4 is 10.6 Å². The van der Waals surface area contributed by atoms with E-state index in [4.69, 9.17) is 22.4 Å². The summed E-state index contributed by atoms with van der Waals surface area (Å²) in [6, 6.07) is 0. The highest BCUT2D eigenvalue weighted by Crippen LogP contribution is 2.30. The zero-order valence-corrected chi connectivity index (χ0v) is 8.98. The highest BCUT2D eigenvalue weighted by Gasteiger charge is 2.24. The number of nitrogens with two attached hydrogens (primary N) is 1. The second kappa shape index (κ2) is 4.20. The van der Waals surface area contributed by atoms with E-state index in [-0.39, 0.29) is 6.61 Å². The zero-order chi connectivity index (χ0) is 10.8. The lowest BCUT2D eigenvalue weighted by atomic mass is 10.1. The zero-order valence-electron chi connectivity index (χ0n) is 8.23. The Morgan fingerprint density at radius 1 is 1.60 bits per heavy atom. The van der Waals surface area contributed by atoms with Gasteiger partial charge in [-0.05, 0) is 6.42 Å². The Balaban J connectivity index is 2.20. The summed E-state index contributed by atoms with van der Waals surface area (Å²) in [5.74, 6) is 1.27. The van der Waals surface area contributed by atoms with Crippen LogP contribution >= 0.6 is 11.6 Å². The van der Waals surface area contributed by atoms with Gasteiger partial charge in [0.1, 0.15) is 17.2 Å². The third kappa shape index (κ3) is 1.98. The number of halogens is 1. The van der Waals surface area contributed by atoms with Crippen molar-refractivity contribution in [3.05, 3.63) is 11.3 Å². The van der Waals surface area contributed by atoms with E-state index in [1.54, 1.807) is 0 Å². The van der Waals surface area contributed by atoms with E-state index < -0.39 is 0 Å². The third-order valence-corrected chi connectivity index (χ3v) is 3.00. The van der Waals surface area contributed by atoms with Crippen LogP contribution in [0.4, 0.5) is 11.6 Å². The summed E-state index contributed by atoms with van der Waals surface area (Å²) >= 11 is 6.01. The van der Waals surface area contributed by atoms with E-state index >= 15 is 0 Å². The first-order chi connectivity index (χ1) is 7.22. The van der Waals surface area contributed by atoms with Crippen molar-refractivity contribution < 1.29 is 5.11 Å². The van der Waals surface area contributed by atoms with E-state index in [1.807, 2.05) is 4.90 Å². The first-order valence-electron chi connectivity index (χ1n) is 4.84. The number of hydrogen-bond donors (Lipinski definition) is 2. The van der Waals surface area contributed by atoms with Gasteiger partial charge in [0.25, 0.3) is 0 Å². The first-order valence-corrected chi connectivity index (χ1v) is 5.22. The first kappa shape index (κ1) is 10.4. The van der Waals surface area contributed by atoms with Gasteiger partial charge in [-0.25, -0.2) is 9.97 Å². The van der Waals surface area contributed by atoms with Crippen LogP contribution in [0, 0.1) is 5.92 Å². The van der Waals surface area contributed by atoms with Crippen molar-refractivity contribution in [2.45, 2.75) is 6.42 Å². The molecule has 2 heterocycles. The van der Waals surface area contributed by atoms with Crippen LogP contribution in [0.5, 0.6) is 0 Å². The minimum atomic E-state index is 0.203. The molecule has 0 amide bonds. The summed E-state index contributed by atoms with van der Waals surface area (Å²) in [4.78, 5) is 9.95. The molecule has 1 aliphatic rings. The standard InChI is InChI=1S/C9H13ClN4O/c10-7-8(11)12-5-13-9(7)14-2-1-6(3-14)4-15/h5-6,15H,1-4H2,(H2,11,12,13). The van der Waals surface area contributed by atoms with Gasteiger partial charge in [0.05, 0.1) is 0 Å². The van der Waals surface area contributed by atoms with Crippen molar-refractivity contribution in [2.75, 3.05) is 30.3 Å². The summed E-state index contributed by atoms with van der Waals surface area (Å²) < 4.78 is 0. The van der Waals surface area contributed by atoms with Crippen molar-refractivity contribution in [3.8, 4) is 0 Å². The van der Waals surface area contributed by atoms with Gasteiger partial charge in [-0.2, -0.15) is 0 Å². The van der Waals surface area contributed by atoms with Crippen LogP contribution in [0.25, 0.3) is 0 Å². The number of anilines is 2. The van der Waals surface area contributed by atoms with E-state index in [0.29, 0.717) is 22.6 Å². The van der Waals surface area contributed by atoms with Crippen LogP contribution in [0.3, 0.4) is 0 Å².